The van der Waals surface area contributed by atoms with Gasteiger partial charge in [0.25, 0.3) is 0 Å². The van der Waals surface area contributed by atoms with Gasteiger partial charge >= 0.3 is 0 Å². The average molecular weight is 313 g/mol. The maximum Gasteiger partial charge on any atom is 0.0465 e. The number of nitrogens with one attached hydrogen (secondary N) is 1. The first-order valence-corrected chi connectivity index (χ1v) is 8.36. The van der Waals surface area contributed by atoms with Crippen molar-refractivity contribution < 1.29 is 0 Å². The zero-order chi connectivity index (χ0) is 14.1. The minimum atomic E-state index is 0.658. The molecule has 0 spiro atoms. The standard InChI is InChI=1S/C16H22Cl2N2/c1-2-20(10-14-15(17)4-3-5-16(14)18)13-8-11-6-7-12(9-13)19-11/h3-5,11-13,19H,2,6-10H2,1H3. The van der Waals surface area contributed by atoms with Crippen LogP contribution in [-0.2, 0) is 6.54 Å². The molecule has 2 saturated heterocycles. The molecule has 4 heteroatoms. The molecule has 2 heterocycles. The zero-order valence-corrected chi connectivity index (χ0v) is 13.4. The van der Waals surface area contributed by atoms with Gasteiger partial charge in [0.2, 0.25) is 0 Å². The van der Waals surface area contributed by atoms with Crippen molar-refractivity contribution in [3.05, 3.63) is 33.8 Å². The molecule has 2 fully saturated rings. The summed E-state index contributed by atoms with van der Waals surface area (Å²) in [5.74, 6) is 0. The van der Waals surface area contributed by atoms with Crippen LogP contribution in [0.15, 0.2) is 18.2 Å². The van der Waals surface area contributed by atoms with E-state index in [-0.39, 0.29) is 0 Å². The first kappa shape index (κ1) is 14.6. The van der Waals surface area contributed by atoms with Crippen molar-refractivity contribution in [2.45, 2.75) is 57.3 Å². The van der Waals surface area contributed by atoms with Crippen LogP contribution in [0, 0.1) is 0 Å². The fourth-order valence-electron chi connectivity index (χ4n) is 3.71. The summed E-state index contributed by atoms with van der Waals surface area (Å²) in [4.78, 5) is 2.54. The Hall–Kier alpha value is -0.280. The molecule has 2 unspecified atom stereocenters. The summed E-state index contributed by atoms with van der Waals surface area (Å²) in [6, 6.07) is 7.87. The number of hydrogen-bond acceptors (Lipinski definition) is 2. The Morgan fingerprint density at radius 3 is 2.30 bits per heavy atom. The number of rotatable bonds is 4. The summed E-state index contributed by atoms with van der Waals surface area (Å²) in [7, 11) is 0. The van der Waals surface area contributed by atoms with Crippen LogP contribution in [0.25, 0.3) is 0 Å². The first-order valence-electron chi connectivity index (χ1n) is 7.60. The highest BCUT2D eigenvalue weighted by Crippen LogP contribution is 2.32. The van der Waals surface area contributed by atoms with Crippen molar-refractivity contribution >= 4 is 23.2 Å². The van der Waals surface area contributed by atoms with E-state index in [1.54, 1.807) is 0 Å². The molecule has 2 aliphatic heterocycles. The van der Waals surface area contributed by atoms with E-state index in [0.717, 1.165) is 40.8 Å². The number of benzene rings is 1. The Bertz CT molecular complexity index is 445. The van der Waals surface area contributed by atoms with Gasteiger partial charge in [-0.2, -0.15) is 0 Å². The molecule has 20 heavy (non-hydrogen) atoms. The van der Waals surface area contributed by atoms with E-state index in [9.17, 15) is 0 Å². The third-order valence-electron chi connectivity index (χ3n) is 4.79. The van der Waals surface area contributed by atoms with Gasteiger partial charge in [-0.05, 0) is 44.4 Å². The number of fused-ring (bicyclic) bond motifs is 2. The fraction of sp³-hybridized carbons (Fsp3) is 0.625. The van der Waals surface area contributed by atoms with Crippen LogP contribution in [0.4, 0.5) is 0 Å². The quantitative estimate of drug-likeness (QED) is 0.900. The third-order valence-corrected chi connectivity index (χ3v) is 5.50. The lowest BCUT2D eigenvalue weighted by Crippen LogP contribution is -2.48. The highest BCUT2D eigenvalue weighted by Gasteiger charge is 2.35. The molecule has 1 aromatic carbocycles. The van der Waals surface area contributed by atoms with Crippen molar-refractivity contribution in [3.8, 4) is 0 Å². The van der Waals surface area contributed by atoms with Crippen LogP contribution in [0.3, 0.4) is 0 Å². The molecule has 0 aromatic heterocycles. The van der Waals surface area contributed by atoms with Gasteiger partial charge in [-0.15, -0.1) is 0 Å². The van der Waals surface area contributed by atoms with Gasteiger partial charge in [-0.1, -0.05) is 36.2 Å². The summed E-state index contributed by atoms with van der Waals surface area (Å²) >= 11 is 12.6. The number of nitrogens with zero attached hydrogens (tertiary/aromatic N) is 1. The van der Waals surface area contributed by atoms with Gasteiger partial charge in [-0.25, -0.2) is 0 Å². The van der Waals surface area contributed by atoms with Gasteiger partial charge in [0.05, 0.1) is 0 Å². The molecule has 0 saturated carbocycles. The minimum absolute atomic E-state index is 0.658. The monoisotopic (exact) mass is 312 g/mol. The van der Waals surface area contributed by atoms with E-state index in [2.05, 4.69) is 17.1 Å². The smallest absolute Gasteiger partial charge is 0.0465 e. The van der Waals surface area contributed by atoms with Gasteiger partial charge < -0.3 is 5.32 Å². The van der Waals surface area contributed by atoms with Crippen LogP contribution >= 0.6 is 23.2 Å². The lowest BCUT2D eigenvalue weighted by Gasteiger charge is -2.37. The molecule has 0 radical (unpaired) electrons. The predicted octanol–water partition coefficient (Wildman–Crippen LogP) is 4.10. The van der Waals surface area contributed by atoms with Crippen molar-refractivity contribution in [1.82, 2.24) is 10.2 Å². The topological polar surface area (TPSA) is 15.3 Å². The molecule has 110 valence electrons. The summed E-state index contributed by atoms with van der Waals surface area (Å²) in [6.45, 7) is 4.14. The Kier molecular flexibility index (Phi) is 4.56. The summed E-state index contributed by atoms with van der Waals surface area (Å²) in [5, 5.41) is 5.28. The van der Waals surface area contributed by atoms with Crippen LogP contribution in [0.2, 0.25) is 10.0 Å². The minimum Gasteiger partial charge on any atom is -0.311 e. The summed E-state index contributed by atoms with van der Waals surface area (Å²) in [5.41, 5.74) is 1.07. The highest BCUT2D eigenvalue weighted by molar-refractivity contribution is 6.35. The maximum absolute atomic E-state index is 6.32. The normalized spacial score (nSPS) is 29.1. The summed E-state index contributed by atoms with van der Waals surface area (Å²) in [6.07, 6.45) is 5.19. The van der Waals surface area contributed by atoms with Crippen LogP contribution in [0.1, 0.15) is 38.2 Å². The lowest BCUT2D eigenvalue weighted by molar-refractivity contribution is 0.141. The van der Waals surface area contributed by atoms with E-state index in [1.807, 2.05) is 18.2 Å². The third kappa shape index (κ3) is 2.99. The Labute approximate surface area is 131 Å². The molecule has 0 amide bonds. The molecule has 2 aliphatic rings. The molecule has 2 bridgehead atoms. The molecular weight excluding hydrogens is 291 g/mol. The number of hydrogen-bond donors (Lipinski definition) is 1. The van der Waals surface area contributed by atoms with Crippen LogP contribution in [0.5, 0.6) is 0 Å². The Morgan fingerprint density at radius 1 is 1.15 bits per heavy atom. The molecule has 0 aliphatic carbocycles. The van der Waals surface area contributed by atoms with Crippen molar-refractivity contribution in [3.63, 3.8) is 0 Å². The second-order valence-electron chi connectivity index (χ2n) is 6.03. The van der Waals surface area contributed by atoms with E-state index in [4.69, 9.17) is 23.2 Å². The van der Waals surface area contributed by atoms with Crippen molar-refractivity contribution in [2.75, 3.05) is 6.54 Å². The second-order valence-corrected chi connectivity index (χ2v) is 6.84. The molecule has 1 N–H and O–H groups in total. The zero-order valence-electron chi connectivity index (χ0n) is 11.9. The van der Waals surface area contributed by atoms with Crippen molar-refractivity contribution in [1.29, 1.82) is 0 Å². The Balaban J connectivity index is 1.74. The SMILES string of the molecule is CCN(Cc1c(Cl)cccc1Cl)C1CC2CCC(C1)N2. The van der Waals surface area contributed by atoms with Gasteiger partial charge in [-0.3, -0.25) is 4.90 Å². The average Bonchev–Trinajstić information content (AvgIpc) is 2.77. The van der Waals surface area contributed by atoms with E-state index in [1.165, 1.54) is 25.7 Å². The first-order chi connectivity index (χ1) is 9.67. The molecule has 2 atom stereocenters. The highest BCUT2D eigenvalue weighted by atomic mass is 35.5. The largest absolute Gasteiger partial charge is 0.311 e. The maximum atomic E-state index is 6.32. The Morgan fingerprint density at radius 2 is 1.75 bits per heavy atom. The molecular formula is C16H22Cl2N2. The van der Waals surface area contributed by atoms with E-state index < -0.39 is 0 Å². The predicted molar refractivity (Wildman–Crippen MR) is 85.5 cm³/mol. The molecule has 3 rings (SSSR count). The lowest BCUT2D eigenvalue weighted by atomic mass is 9.97. The van der Waals surface area contributed by atoms with Crippen LogP contribution in [-0.4, -0.2) is 29.6 Å². The number of halogens is 2. The molecule has 2 nitrogen and oxygen atoms in total. The van der Waals surface area contributed by atoms with Gasteiger partial charge in [0, 0.05) is 40.3 Å². The molecule has 1 aromatic rings. The number of piperidine rings is 1. The second kappa shape index (κ2) is 6.23. The summed E-state index contributed by atoms with van der Waals surface area (Å²) < 4.78 is 0. The van der Waals surface area contributed by atoms with Gasteiger partial charge in [0.15, 0.2) is 0 Å². The van der Waals surface area contributed by atoms with Crippen LogP contribution < -0.4 is 5.32 Å². The van der Waals surface area contributed by atoms with Gasteiger partial charge in [0.1, 0.15) is 0 Å². The fourth-order valence-corrected chi connectivity index (χ4v) is 4.23. The van der Waals surface area contributed by atoms with E-state index >= 15 is 0 Å². The van der Waals surface area contributed by atoms with Crippen molar-refractivity contribution in [2.24, 2.45) is 0 Å². The van der Waals surface area contributed by atoms with E-state index in [0.29, 0.717) is 6.04 Å².